The van der Waals surface area contributed by atoms with E-state index in [-0.39, 0.29) is 11.4 Å². The van der Waals surface area contributed by atoms with Gasteiger partial charge in [0.1, 0.15) is 5.82 Å². The number of carbonyl (C=O) groups excluding carboxylic acids is 1. The topological polar surface area (TPSA) is 82.0 Å². The second-order valence-corrected chi connectivity index (χ2v) is 2.31. The molecule has 11 heavy (non-hydrogen) atoms. The van der Waals surface area contributed by atoms with E-state index in [0.29, 0.717) is 0 Å². The summed E-state index contributed by atoms with van der Waals surface area (Å²) in [5, 5.41) is 0. The highest BCUT2D eigenvalue weighted by molar-refractivity contribution is 5.97. The van der Waals surface area contributed by atoms with Gasteiger partial charge >= 0.3 is 0 Å². The molecule has 1 amide bonds. The number of nitrogen functional groups attached to an aromatic ring is 1. The van der Waals surface area contributed by atoms with Crippen molar-refractivity contribution in [2.45, 2.75) is 6.92 Å². The molecule has 1 rings (SSSR count). The zero-order valence-electron chi connectivity index (χ0n) is 6.16. The van der Waals surface area contributed by atoms with Gasteiger partial charge in [-0.25, -0.2) is 4.98 Å². The molecule has 0 saturated carbocycles. The van der Waals surface area contributed by atoms with Gasteiger partial charge in [-0.15, -0.1) is 0 Å². The van der Waals surface area contributed by atoms with Crippen LogP contribution in [0.3, 0.4) is 0 Å². The number of rotatable bonds is 1. The number of hydrogen-bond donors (Lipinski definition) is 2. The van der Waals surface area contributed by atoms with Gasteiger partial charge in [-0.05, 0) is 18.6 Å². The van der Waals surface area contributed by atoms with Crippen molar-refractivity contribution in [1.82, 2.24) is 4.98 Å². The Hall–Kier alpha value is -1.58. The number of primary amides is 1. The van der Waals surface area contributed by atoms with Gasteiger partial charge < -0.3 is 11.5 Å². The molecule has 0 aliphatic carbocycles. The number of anilines is 1. The second kappa shape index (κ2) is 2.57. The molecule has 4 N–H and O–H groups in total. The van der Waals surface area contributed by atoms with Gasteiger partial charge in [0.2, 0.25) is 0 Å². The predicted molar refractivity (Wildman–Crippen MR) is 41.9 cm³/mol. The molecule has 4 nitrogen and oxygen atoms in total. The van der Waals surface area contributed by atoms with E-state index in [1.807, 2.05) is 6.92 Å². The molecule has 4 heteroatoms. The number of amides is 1. The van der Waals surface area contributed by atoms with Gasteiger partial charge in [-0.2, -0.15) is 0 Å². The molecule has 0 aromatic carbocycles. The highest BCUT2D eigenvalue weighted by atomic mass is 16.1. The third-order valence-corrected chi connectivity index (χ3v) is 1.32. The van der Waals surface area contributed by atoms with E-state index in [1.165, 1.54) is 0 Å². The Balaban J connectivity index is 3.23. The fraction of sp³-hybridized carbons (Fsp3) is 0.143. The summed E-state index contributed by atoms with van der Waals surface area (Å²) in [5.74, 6) is -0.359. The third kappa shape index (κ3) is 1.46. The molecule has 0 bridgehead atoms. The molecular weight excluding hydrogens is 142 g/mol. The SMILES string of the molecule is Cc1cnc(N)c(C(N)=O)c1. The molecule has 0 radical (unpaired) electrons. The summed E-state index contributed by atoms with van der Waals surface area (Å²) >= 11 is 0. The Kier molecular flexibility index (Phi) is 1.76. The van der Waals surface area contributed by atoms with Crippen LogP contribution in [0.2, 0.25) is 0 Å². The van der Waals surface area contributed by atoms with Crippen LogP contribution in [-0.2, 0) is 0 Å². The van der Waals surface area contributed by atoms with Crippen LogP contribution in [0.1, 0.15) is 15.9 Å². The van der Waals surface area contributed by atoms with Crippen molar-refractivity contribution in [3.63, 3.8) is 0 Å². The van der Waals surface area contributed by atoms with Crippen molar-refractivity contribution in [3.8, 4) is 0 Å². The quantitative estimate of drug-likeness (QED) is 0.595. The molecule has 0 saturated heterocycles. The molecule has 1 heterocycles. The molecule has 0 unspecified atom stereocenters. The van der Waals surface area contributed by atoms with Gasteiger partial charge in [0.05, 0.1) is 5.56 Å². The summed E-state index contributed by atoms with van der Waals surface area (Å²) in [7, 11) is 0. The van der Waals surface area contributed by atoms with Crippen LogP contribution in [0.15, 0.2) is 12.3 Å². The number of nitrogens with two attached hydrogens (primary N) is 2. The molecule has 0 spiro atoms. The normalized spacial score (nSPS) is 9.55. The highest BCUT2D eigenvalue weighted by Gasteiger charge is 2.05. The van der Waals surface area contributed by atoms with Crippen molar-refractivity contribution in [3.05, 3.63) is 23.4 Å². The largest absolute Gasteiger partial charge is 0.383 e. The lowest BCUT2D eigenvalue weighted by Gasteiger charge is -1.99. The zero-order chi connectivity index (χ0) is 8.43. The maximum Gasteiger partial charge on any atom is 0.252 e. The Morgan fingerprint density at radius 3 is 2.73 bits per heavy atom. The Morgan fingerprint density at radius 2 is 2.27 bits per heavy atom. The van der Waals surface area contributed by atoms with Crippen LogP contribution in [0.4, 0.5) is 5.82 Å². The molecule has 0 atom stereocenters. The maximum atomic E-state index is 10.7. The van der Waals surface area contributed by atoms with E-state index in [4.69, 9.17) is 11.5 Å². The monoisotopic (exact) mass is 151 g/mol. The average Bonchev–Trinajstić information content (AvgIpc) is 1.94. The summed E-state index contributed by atoms with van der Waals surface area (Å²) in [5.41, 5.74) is 11.6. The Labute approximate surface area is 64.2 Å². The number of pyridine rings is 1. The Bertz CT molecular complexity index is 296. The lowest BCUT2D eigenvalue weighted by atomic mass is 10.2. The van der Waals surface area contributed by atoms with E-state index < -0.39 is 5.91 Å². The van der Waals surface area contributed by atoms with Gasteiger partial charge in [0, 0.05) is 6.20 Å². The van der Waals surface area contributed by atoms with Crippen LogP contribution in [0.5, 0.6) is 0 Å². The van der Waals surface area contributed by atoms with Crippen LogP contribution in [-0.4, -0.2) is 10.9 Å². The minimum absolute atomic E-state index is 0.183. The molecule has 1 aromatic rings. The number of aryl methyl sites for hydroxylation is 1. The predicted octanol–water partition coefficient (Wildman–Crippen LogP) is 0.0711. The molecule has 0 aliphatic rings. The number of carbonyl (C=O) groups is 1. The summed E-state index contributed by atoms with van der Waals surface area (Å²) < 4.78 is 0. The van der Waals surface area contributed by atoms with Crippen LogP contribution >= 0.6 is 0 Å². The third-order valence-electron chi connectivity index (χ3n) is 1.32. The van der Waals surface area contributed by atoms with Crippen molar-refractivity contribution >= 4 is 11.7 Å². The van der Waals surface area contributed by atoms with E-state index in [1.54, 1.807) is 12.3 Å². The fourth-order valence-electron chi connectivity index (χ4n) is 0.777. The van der Waals surface area contributed by atoms with E-state index in [0.717, 1.165) is 5.56 Å². The number of aromatic nitrogens is 1. The van der Waals surface area contributed by atoms with E-state index >= 15 is 0 Å². The minimum Gasteiger partial charge on any atom is -0.383 e. The van der Waals surface area contributed by atoms with Gasteiger partial charge in [-0.1, -0.05) is 0 Å². The summed E-state index contributed by atoms with van der Waals surface area (Å²) in [6.45, 7) is 1.82. The first-order valence-corrected chi connectivity index (χ1v) is 3.13. The lowest BCUT2D eigenvalue weighted by molar-refractivity contribution is 0.100. The van der Waals surface area contributed by atoms with Crippen molar-refractivity contribution in [2.75, 3.05) is 5.73 Å². The van der Waals surface area contributed by atoms with Crippen LogP contribution in [0.25, 0.3) is 0 Å². The van der Waals surface area contributed by atoms with Crippen molar-refractivity contribution in [1.29, 1.82) is 0 Å². The fourth-order valence-corrected chi connectivity index (χ4v) is 0.777. The van der Waals surface area contributed by atoms with Crippen LogP contribution < -0.4 is 11.5 Å². The first kappa shape index (κ1) is 7.53. The smallest absolute Gasteiger partial charge is 0.252 e. The molecule has 58 valence electrons. The first-order valence-electron chi connectivity index (χ1n) is 3.13. The average molecular weight is 151 g/mol. The lowest BCUT2D eigenvalue weighted by Crippen LogP contribution is -2.14. The van der Waals surface area contributed by atoms with Gasteiger partial charge in [0.15, 0.2) is 0 Å². The second-order valence-electron chi connectivity index (χ2n) is 2.31. The molecular formula is C7H9N3O. The van der Waals surface area contributed by atoms with E-state index in [2.05, 4.69) is 4.98 Å². The standard InChI is InChI=1S/C7H9N3O/c1-4-2-5(7(9)11)6(8)10-3-4/h2-3H,1H3,(H2,8,10)(H2,9,11). The molecule has 1 aromatic heterocycles. The molecule has 0 fully saturated rings. The highest BCUT2D eigenvalue weighted by Crippen LogP contribution is 2.08. The zero-order valence-corrected chi connectivity index (χ0v) is 6.16. The minimum atomic E-state index is -0.543. The number of hydrogen-bond acceptors (Lipinski definition) is 3. The van der Waals surface area contributed by atoms with Crippen LogP contribution in [0, 0.1) is 6.92 Å². The van der Waals surface area contributed by atoms with Gasteiger partial charge in [-0.3, -0.25) is 4.79 Å². The first-order chi connectivity index (χ1) is 5.11. The summed E-state index contributed by atoms with van der Waals surface area (Å²) in [6.07, 6.45) is 1.59. The summed E-state index contributed by atoms with van der Waals surface area (Å²) in [6, 6.07) is 1.62. The maximum absolute atomic E-state index is 10.7. The van der Waals surface area contributed by atoms with E-state index in [9.17, 15) is 4.79 Å². The number of nitrogens with zero attached hydrogens (tertiary/aromatic N) is 1. The Morgan fingerprint density at radius 1 is 1.64 bits per heavy atom. The van der Waals surface area contributed by atoms with Crippen molar-refractivity contribution in [2.24, 2.45) is 5.73 Å². The summed E-state index contributed by atoms with van der Waals surface area (Å²) in [4.78, 5) is 14.5. The van der Waals surface area contributed by atoms with Crippen molar-refractivity contribution < 1.29 is 4.79 Å². The van der Waals surface area contributed by atoms with Gasteiger partial charge in [0.25, 0.3) is 5.91 Å². The molecule has 0 aliphatic heterocycles.